The summed E-state index contributed by atoms with van der Waals surface area (Å²) < 4.78 is 25.2. The van der Waals surface area contributed by atoms with Crippen LogP contribution < -0.4 is 14.8 Å². The Morgan fingerprint density at radius 3 is 2.89 bits per heavy atom. The summed E-state index contributed by atoms with van der Waals surface area (Å²) in [6.45, 7) is 3.76. The fourth-order valence-corrected chi connectivity index (χ4v) is 2.90. The number of nitrogens with one attached hydrogen (secondary N) is 1. The Labute approximate surface area is 110 Å². The van der Waals surface area contributed by atoms with Gasteiger partial charge < -0.3 is 14.8 Å². The van der Waals surface area contributed by atoms with Crippen molar-refractivity contribution in [1.29, 1.82) is 0 Å². The molecule has 1 N–H and O–H groups in total. The maximum absolute atomic E-state index is 14.4. The Morgan fingerprint density at radius 1 is 1.39 bits per heavy atom. The Bertz CT molecular complexity index is 486. The van der Waals surface area contributed by atoms with Crippen molar-refractivity contribution in [3.63, 3.8) is 0 Å². The van der Waals surface area contributed by atoms with E-state index >= 15 is 0 Å². The van der Waals surface area contributed by atoms with E-state index in [1.165, 1.54) is 0 Å². The van der Waals surface area contributed by atoms with Gasteiger partial charge in [-0.25, -0.2) is 4.39 Å². The molecule has 98 valence electrons. The van der Waals surface area contributed by atoms with Gasteiger partial charge in [-0.15, -0.1) is 0 Å². The zero-order chi connectivity index (χ0) is 12.8. The first-order valence-electron chi connectivity index (χ1n) is 6.15. The third kappa shape index (κ3) is 1.75. The van der Waals surface area contributed by atoms with Gasteiger partial charge in [0, 0.05) is 11.1 Å². The SMILES string of the molecule is CC1(c2cc3c(c(Cl)c2F)OCCO3)CCCN1. The molecule has 1 saturated heterocycles. The molecule has 3 nitrogen and oxygen atoms in total. The minimum atomic E-state index is -0.405. The van der Waals surface area contributed by atoms with Crippen LogP contribution in [0.1, 0.15) is 25.3 Å². The number of ether oxygens (including phenoxy) is 2. The number of hydrogen-bond donors (Lipinski definition) is 1. The van der Waals surface area contributed by atoms with E-state index in [1.807, 2.05) is 6.92 Å². The summed E-state index contributed by atoms with van der Waals surface area (Å²) in [4.78, 5) is 0. The van der Waals surface area contributed by atoms with Crippen molar-refractivity contribution >= 4 is 11.6 Å². The third-order valence-electron chi connectivity index (χ3n) is 3.68. The van der Waals surface area contributed by atoms with E-state index in [0.717, 1.165) is 19.4 Å². The molecule has 2 aliphatic rings. The molecule has 0 radical (unpaired) electrons. The molecular formula is C13H15ClFNO2. The quantitative estimate of drug-likeness (QED) is 0.852. The van der Waals surface area contributed by atoms with Gasteiger partial charge in [0.2, 0.25) is 0 Å². The van der Waals surface area contributed by atoms with Gasteiger partial charge in [0.25, 0.3) is 0 Å². The number of halogens is 2. The molecule has 0 aliphatic carbocycles. The summed E-state index contributed by atoms with van der Waals surface area (Å²) >= 11 is 6.05. The Hall–Kier alpha value is -1.00. The molecule has 18 heavy (non-hydrogen) atoms. The van der Waals surface area contributed by atoms with Crippen LogP contribution in [0.25, 0.3) is 0 Å². The lowest BCUT2D eigenvalue weighted by Crippen LogP contribution is -2.34. The summed E-state index contributed by atoms with van der Waals surface area (Å²) in [5.41, 5.74) is 0.193. The molecule has 0 spiro atoms. The van der Waals surface area contributed by atoms with Crippen molar-refractivity contribution in [2.24, 2.45) is 0 Å². The molecule has 0 bridgehead atoms. The van der Waals surface area contributed by atoms with Gasteiger partial charge in [-0.1, -0.05) is 11.6 Å². The van der Waals surface area contributed by atoms with Crippen LogP contribution in [-0.2, 0) is 5.54 Å². The molecule has 2 heterocycles. The molecule has 0 aromatic heterocycles. The van der Waals surface area contributed by atoms with Crippen LogP contribution in [0.15, 0.2) is 6.07 Å². The normalized spacial score (nSPS) is 26.4. The molecule has 2 aliphatic heterocycles. The molecule has 1 aromatic carbocycles. The molecule has 0 amide bonds. The summed E-state index contributed by atoms with van der Waals surface area (Å²) in [5, 5.41) is 3.35. The van der Waals surface area contributed by atoms with Gasteiger partial charge in [0.15, 0.2) is 17.3 Å². The standard InChI is InChI=1S/C13H15ClFNO2/c1-13(3-2-4-16-13)8-7-9-12(10(14)11(8)15)18-6-5-17-9/h7,16H,2-6H2,1H3. The van der Waals surface area contributed by atoms with Crippen LogP contribution in [0.5, 0.6) is 11.5 Å². The molecule has 3 rings (SSSR count). The second-order valence-electron chi connectivity index (χ2n) is 4.94. The predicted octanol–water partition coefficient (Wildman–Crippen LogP) is 2.85. The van der Waals surface area contributed by atoms with Crippen molar-refractivity contribution in [3.05, 3.63) is 22.5 Å². The molecule has 0 saturated carbocycles. The maximum Gasteiger partial charge on any atom is 0.182 e. The highest BCUT2D eigenvalue weighted by atomic mass is 35.5. The number of hydrogen-bond acceptors (Lipinski definition) is 3. The zero-order valence-electron chi connectivity index (χ0n) is 10.2. The molecule has 1 unspecified atom stereocenters. The first-order chi connectivity index (χ1) is 8.62. The van der Waals surface area contributed by atoms with E-state index in [1.54, 1.807) is 6.07 Å². The summed E-state index contributed by atoms with van der Waals surface area (Å²) in [5.74, 6) is 0.459. The highest BCUT2D eigenvalue weighted by molar-refractivity contribution is 6.32. The fourth-order valence-electron chi connectivity index (χ4n) is 2.65. The molecule has 1 aromatic rings. The van der Waals surface area contributed by atoms with Crippen LogP contribution in [-0.4, -0.2) is 19.8 Å². The van der Waals surface area contributed by atoms with Gasteiger partial charge in [0.05, 0.1) is 0 Å². The van der Waals surface area contributed by atoms with Crippen LogP contribution in [0.4, 0.5) is 4.39 Å². The van der Waals surface area contributed by atoms with E-state index in [0.29, 0.717) is 30.3 Å². The van der Waals surface area contributed by atoms with Crippen LogP contribution in [0.3, 0.4) is 0 Å². The zero-order valence-corrected chi connectivity index (χ0v) is 10.9. The number of benzene rings is 1. The summed E-state index contributed by atoms with van der Waals surface area (Å²) in [6, 6.07) is 1.72. The second kappa shape index (κ2) is 4.28. The average molecular weight is 272 g/mol. The van der Waals surface area contributed by atoms with Gasteiger partial charge in [-0.2, -0.15) is 0 Å². The monoisotopic (exact) mass is 271 g/mol. The van der Waals surface area contributed by atoms with Gasteiger partial charge >= 0.3 is 0 Å². The minimum absolute atomic E-state index is 0.0251. The number of fused-ring (bicyclic) bond motifs is 1. The number of rotatable bonds is 1. The molecular weight excluding hydrogens is 257 g/mol. The maximum atomic E-state index is 14.4. The topological polar surface area (TPSA) is 30.5 Å². The van der Waals surface area contributed by atoms with Crippen molar-refractivity contribution in [2.45, 2.75) is 25.3 Å². The lowest BCUT2D eigenvalue weighted by Gasteiger charge is -2.28. The molecule has 1 fully saturated rings. The smallest absolute Gasteiger partial charge is 0.182 e. The largest absolute Gasteiger partial charge is 0.486 e. The van der Waals surface area contributed by atoms with E-state index in [4.69, 9.17) is 21.1 Å². The van der Waals surface area contributed by atoms with E-state index in [9.17, 15) is 4.39 Å². The van der Waals surface area contributed by atoms with Crippen LogP contribution in [0, 0.1) is 5.82 Å². The lowest BCUT2D eigenvalue weighted by molar-refractivity contribution is 0.170. The lowest BCUT2D eigenvalue weighted by atomic mass is 9.89. The summed E-state index contributed by atoms with van der Waals surface area (Å²) in [7, 11) is 0. The first kappa shape index (κ1) is 12.1. The van der Waals surface area contributed by atoms with E-state index in [-0.39, 0.29) is 10.6 Å². The van der Waals surface area contributed by atoms with Crippen molar-refractivity contribution in [2.75, 3.05) is 19.8 Å². The predicted molar refractivity (Wildman–Crippen MR) is 67.0 cm³/mol. The Balaban J connectivity index is 2.13. The second-order valence-corrected chi connectivity index (χ2v) is 5.32. The van der Waals surface area contributed by atoms with Crippen molar-refractivity contribution in [1.82, 2.24) is 5.32 Å². The van der Waals surface area contributed by atoms with Gasteiger partial charge in [-0.05, 0) is 32.4 Å². The van der Waals surface area contributed by atoms with E-state index < -0.39 is 5.82 Å². The molecule has 5 heteroatoms. The van der Waals surface area contributed by atoms with E-state index in [2.05, 4.69) is 5.32 Å². The van der Waals surface area contributed by atoms with Crippen LogP contribution in [0.2, 0.25) is 5.02 Å². The average Bonchev–Trinajstić information content (AvgIpc) is 2.82. The fraction of sp³-hybridized carbons (Fsp3) is 0.538. The Kier molecular flexibility index (Phi) is 2.87. The van der Waals surface area contributed by atoms with Crippen molar-refractivity contribution in [3.8, 4) is 11.5 Å². The van der Waals surface area contributed by atoms with Crippen LogP contribution >= 0.6 is 11.6 Å². The van der Waals surface area contributed by atoms with Crippen molar-refractivity contribution < 1.29 is 13.9 Å². The summed E-state index contributed by atoms with van der Waals surface area (Å²) in [6.07, 6.45) is 1.92. The highest BCUT2D eigenvalue weighted by Crippen LogP contribution is 2.44. The Morgan fingerprint density at radius 2 is 2.17 bits per heavy atom. The minimum Gasteiger partial charge on any atom is -0.486 e. The third-order valence-corrected chi connectivity index (χ3v) is 4.02. The molecule has 1 atom stereocenters. The first-order valence-corrected chi connectivity index (χ1v) is 6.53. The van der Waals surface area contributed by atoms with Gasteiger partial charge in [0.1, 0.15) is 18.2 Å². The highest BCUT2D eigenvalue weighted by Gasteiger charge is 2.35. The van der Waals surface area contributed by atoms with Gasteiger partial charge in [-0.3, -0.25) is 0 Å².